The van der Waals surface area contributed by atoms with Crippen LogP contribution in [-0.4, -0.2) is 4.98 Å². The number of nitrogens with zero attached hydrogens (tertiary/aromatic N) is 1. The average molecular weight is 205 g/mol. The molecule has 1 aromatic heterocycles. The van der Waals surface area contributed by atoms with Gasteiger partial charge in [-0.2, -0.15) is 5.26 Å². The van der Waals surface area contributed by atoms with Crippen molar-refractivity contribution in [3.8, 4) is 6.07 Å². The van der Waals surface area contributed by atoms with Crippen molar-refractivity contribution in [2.24, 2.45) is 0 Å². The molecule has 0 bridgehead atoms. The van der Waals surface area contributed by atoms with Crippen LogP contribution < -0.4 is 5.56 Å². The number of hydrogen-bond acceptors (Lipinski definition) is 2. The number of nitrogens with one attached hydrogen (secondary N) is 1. The van der Waals surface area contributed by atoms with Gasteiger partial charge in [0.05, 0.1) is 10.6 Å². The molecule has 0 fully saturated rings. The first kappa shape index (κ1) is 9.68. The van der Waals surface area contributed by atoms with Gasteiger partial charge in [-0.15, -0.1) is 0 Å². The van der Waals surface area contributed by atoms with Gasteiger partial charge >= 0.3 is 0 Å². The summed E-state index contributed by atoms with van der Waals surface area (Å²) in [6.07, 6.45) is -2.89. The minimum absolute atomic E-state index is 0.183. The molecule has 3 nitrogen and oxygen atoms in total. The van der Waals surface area contributed by atoms with Crippen LogP contribution >= 0.6 is 11.6 Å². The number of aromatic amines is 1. The van der Waals surface area contributed by atoms with Crippen LogP contribution in [0.2, 0.25) is 5.02 Å². The molecule has 0 aliphatic carbocycles. The molecule has 0 aliphatic rings. The molecule has 0 aliphatic heterocycles. The van der Waals surface area contributed by atoms with Crippen molar-refractivity contribution in [3.63, 3.8) is 0 Å². The first-order valence-electron chi connectivity index (χ1n) is 3.17. The van der Waals surface area contributed by atoms with Gasteiger partial charge < -0.3 is 4.98 Å². The maximum Gasteiger partial charge on any atom is 0.269 e. The zero-order chi connectivity index (χ0) is 10.0. The van der Waals surface area contributed by atoms with E-state index in [1.54, 1.807) is 6.07 Å². The fourth-order valence-corrected chi connectivity index (χ4v) is 0.970. The van der Waals surface area contributed by atoms with E-state index in [1.165, 1.54) is 0 Å². The van der Waals surface area contributed by atoms with Gasteiger partial charge in [0.15, 0.2) is 0 Å². The lowest BCUT2D eigenvalue weighted by atomic mass is 10.2. The average Bonchev–Trinajstić information content (AvgIpc) is 2.07. The molecular weight excluding hydrogens is 202 g/mol. The number of alkyl halides is 2. The first-order valence-corrected chi connectivity index (χ1v) is 3.55. The predicted molar refractivity (Wildman–Crippen MR) is 41.7 cm³/mol. The Balaban J connectivity index is 3.40. The molecule has 6 heteroatoms. The van der Waals surface area contributed by atoms with E-state index in [9.17, 15) is 13.6 Å². The Morgan fingerprint density at radius 1 is 1.62 bits per heavy atom. The van der Waals surface area contributed by atoms with Crippen LogP contribution in [0, 0.1) is 11.3 Å². The molecule has 0 radical (unpaired) electrons. The molecule has 0 saturated heterocycles. The fraction of sp³-hybridized carbons (Fsp3) is 0.143. The Kier molecular flexibility index (Phi) is 2.63. The van der Waals surface area contributed by atoms with Crippen LogP contribution in [0.5, 0.6) is 0 Å². The molecule has 1 heterocycles. The van der Waals surface area contributed by atoms with E-state index < -0.39 is 17.5 Å². The smallest absolute Gasteiger partial charge is 0.269 e. The lowest BCUT2D eigenvalue weighted by Gasteiger charge is -1.99. The van der Waals surface area contributed by atoms with E-state index >= 15 is 0 Å². The maximum absolute atomic E-state index is 12.1. The third kappa shape index (κ3) is 1.84. The van der Waals surface area contributed by atoms with Crippen molar-refractivity contribution in [2.45, 2.75) is 6.43 Å². The van der Waals surface area contributed by atoms with Crippen molar-refractivity contribution in [1.29, 1.82) is 5.26 Å². The van der Waals surface area contributed by atoms with Gasteiger partial charge in [-0.25, -0.2) is 8.78 Å². The number of hydrogen-bond donors (Lipinski definition) is 1. The zero-order valence-electron chi connectivity index (χ0n) is 6.14. The van der Waals surface area contributed by atoms with E-state index in [0.29, 0.717) is 0 Å². The third-order valence-corrected chi connectivity index (χ3v) is 1.67. The monoisotopic (exact) mass is 204 g/mol. The van der Waals surface area contributed by atoms with E-state index in [4.69, 9.17) is 16.9 Å². The van der Waals surface area contributed by atoms with Crippen LogP contribution in [0.3, 0.4) is 0 Å². The Bertz CT molecular complexity index is 421. The number of pyridine rings is 1. The molecule has 1 N–H and O–H groups in total. The van der Waals surface area contributed by atoms with Crippen LogP contribution in [0.15, 0.2) is 10.9 Å². The van der Waals surface area contributed by atoms with Crippen LogP contribution in [0.1, 0.15) is 17.7 Å². The third-order valence-electron chi connectivity index (χ3n) is 1.37. The highest BCUT2D eigenvalue weighted by molar-refractivity contribution is 6.31. The quantitative estimate of drug-likeness (QED) is 0.759. The molecule has 68 valence electrons. The maximum atomic E-state index is 12.1. The lowest BCUT2D eigenvalue weighted by Crippen LogP contribution is -2.14. The summed E-state index contributed by atoms with van der Waals surface area (Å²) >= 11 is 5.42. The molecule has 0 aromatic carbocycles. The molecule has 0 atom stereocenters. The fourth-order valence-electron chi connectivity index (χ4n) is 0.763. The van der Waals surface area contributed by atoms with Crippen molar-refractivity contribution < 1.29 is 8.78 Å². The highest BCUT2D eigenvalue weighted by Crippen LogP contribution is 2.19. The second-order valence-corrected chi connectivity index (χ2v) is 2.60. The summed E-state index contributed by atoms with van der Waals surface area (Å²) in [7, 11) is 0. The van der Waals surface area contributed by atoms with Gasteiger partial charge in [0.1, 0.15) is 11.8 Å². The van der Waals surface area contributed by atoms with Gasteiger partial charge in [-0.1, -0.05) is 11.6 Å². The van der Waals surface area contributed by atoms with Crippen molar-refractivity contribution in [2.75, 3.05) is 0 Å². The number of rotatable bonds is 1. The Hall–Kier alpha value is -1.41. The highest BCUT2D eigenvalue weighted by Gasteiger charge is 2.14. The molecule has 1 aromatic rings. The number of nitriles is 1. The van der Waals surface area contributed by atoms with Crippen molar-refractivity contribution in [3.05, 3.63) is 32.7 Å². The number of aromatic nitrogens is 1. The summed E-state index contributed by atoms with van der Waals surface area (Å²) in [4.78, 5) is 12.8. The largest absolute Gasteiger partial charge is 0.312 e. The van der Waals surface area contributed by atoms with Crippen LogP contribution in [0.4, 0.5) is 8.78 Å². The normalized spacial score (nSPS) is 10.1. The molecule has 13 heavy (non-hydrogen) atoms. The Morgan fingerprint density at radius 3 is 2.69 bits per heavy atom. The van der Waals surface area contributed by atoms with Crippen molar-refractivity contribution >= 4 is 11.6 Å². The van der Waals surface area contributed by atoms with E-state index in [2.05, 4.69) is 0 Å². The minimum atomic E-state index is -2.89. The second kappa shape index (κ2) is 3.54. The zero-order valence-corrected chi connectivity index (χ0v) is 6.90. The highest BCUT2D eigenvalue weighted by atomic mass is 35.5. The topological polar surface area (TPSA) is 56.6 Å². The summed E-state index contributed by atoms with van der Waals surface area (Å²) in [6.45, 7) is 0. The summed E-state index contributed by atoms with van der Waals surface area (Å²) in [6, 6.07) is 2.37. The van der Waals surface area contributed by atoms with Gasteiger partial charge in [0, 0.05) is 0 Å². The Labute approximate surface area is 76.6 Å². The molecule has 0 unspecified atom stereocenters. The number of halogens is 3. The molecule has 0 saturated carbocycles. The minimum Gasteiger partial charge on any atom is -0.312 e. The van der Waals surface area contributed by atoms with Gasteiger partial charge in [-0.3, -0.25) is 4.79 Å². The van der Waals surface area contributed by atoms with Crippen molar-refractivity contribution in [1.82, 2.24) is 4.98 Å². The molecule has 0 spiro atoms. The first-order chi connectivity index (χ1) is 6.06. The molecular formula is C7H3ClF2N2O. The molecule has 0 amide bonds. The summed E-state index contributed by atoms with van der Waals surface area (Å²) in [5, 5.41) is 8.20. The number of H-pyrrole nitrogens is 1. The lowest BCUT2D eigenvalue weighted by molar-refractivity contribution is 0.149. The van der Waals surface area contributed by atoms with Crippen LogP contribution in [-0.2, 0) is 0 Å². The second-order valence-electron chi connectivity index (χ2n) is 2.19. The summed E-state index contributed by atoms with van der Waals surface area (Å²) in [5.41, 5.74) is -1.93. The van der Waals surface area contributed by atoms with Gasteiger partial charge in [-0.05, 0) is 6.07 Å². The Morgan fingerprint density at radius 2 is 2.23 bits per heavy atom. The SMILES string of the molecule is N#Cc1[nH]c(=O)c(C(F)F)cc1Cl. The summed E-state index contributed by atoms with van der Waals surface area (Å²) in [5.74, 6) is 0. The predicted octanol–water partition coefficient (Wildman–Crippen LogP) is 1.84. The standard InChI is InChI=1S/C7H3ClF2N2O/c8-4-1-3(6(9)10)7(13)12-5(4)2-11/h1,6H,(H,12,13). The van der Waals surface area contributed by atoms with E-state index in [-0.39, 0.29) is 10.7 Å². The summed E-state index contributed by atoms with van der Waals surface area (Å²) < 4.78 is 24.2. The van der Waals surface area contributed by atoms with Gasteiger partial charge in [0.25, 0.3) is 12.0 Å². The van der Waals surface area contributed by atoms with E-state index in [0.717, 1.165) is 6.07 Å². The van der Waals surface area contributed by atoms with E-state index in [1.807, 2.05) is 4.98 Å². The van der Waals surface area contributed by atoms with Gasteiger partial charge in [0.2, 0.25) is 0 Å². The molecule has 1 rings (SSSR count). The van der Waals surface area contributed by atoms with Crippen LogP contribution in [0.25, 0.3) is 0 Å².